The molecule has 13 nitrogen and oxygen atoms in total. The van der Waals surface area contributed by atoms with Crippen LogP contribution in [0.2, 0.25) is 0 Å². The molecule has 2 aliphatic heterocycles. The highest BCUT2D eigenvalue weighted by molar-refractivity contribution is 7.91. The molecule has 5 N–H and O–H groups in total. The number of allylic oxidation sites excluding steroid dienone is 1. The number of nitrogens with zero attached hydrogens (tertiary/aromatic N) is 2. The second kappa shape index (κ2) is 12.9. The van der Waals surface area contributed by atoms with Crippen LogP contribution in [-0.2, 0) is 24.4 Å². The predicted molar refractivity (Wildman–Crippen MR) is 177 cm³/mol. The molecule has 1 aromatic carbocycles. The number of carbonyl (C=O) groups excluding carboxylic acids is 3. The summed E-state index contributed by atoms with van der Waals surface area (Å²) in [5, 5.41) is 14.1. The summed E-state index contributed by atoms with van der Waals surface area (Å²) in [5.41, 5.74) is 5.02. The molecule has 4 aliphatic rings. The maximum atomic E-state index is 14.2. The van der Waals surface area contributed by atoms with Gasteiger partial charge < -0.3 is 30.5 Å². The Balaban J connectivity index is 1.30. The van der Waals surface area contributed by atoms with E-state index in [2.05, 4.69) is 21.9 Å². The molecule has 0 bridgehead atoms. The molecular formula is C34H45N5O8S. The smallest absolute Gasteiger partial charge is 0.259 e. The standard InChI is InChI=1S/C34H45N5O8S/c1-20-8-4-5-9-22-16-34(22,32(43)38-48(44,45)33(19-40)12-13-33)37-29(41)26-15-23(18-39(26)31(42)28(35)21(2)14-20)47-30-25-11-7-6-10-24(25)27(46-3)17-36-30/h5-7,9-11,17,20-23,26,28,40H,4,8,12-16,18-19,35H2,1-3H3,(H,37,41)(H,38,43)/b9-5-/t20-,21+,22+,23+,26?,28-,34+/m0/s1. The lowest BCUT2D eigenvalue weighted by Gasteiger charge is -2.30. The summed E-state index contributed by atoms with van der Waals surface area (Å²) in [6, 6.07) is 5.56. The monoisotopic (exact) mass is 683 g/mol. The van der Waals surface area contributed by atoms with E-state index in [-0.39, 0.29) is 44.1 Å². The average Bonchev–Trinajstić information content (AvgIpc) is 3.97. The van der Waals surface area contributed by atoms with Gasteiger partial charge in [0.05, 0.1) is 32.5 Å². The molecule has 14 heteroatoms. The van der Waals surface area contributed by atoms with Crippen molar-refractivity contribution < 1.29 is 37.4 Å². The first-order valence-corrected chi connectivity index (χ1v) is 18.1. The van der Waals surface area contributed by atoms with E-state index in [1.807, 2.05) is 43.3 Å². The molecule has 2 saturated carbocycles. The van der Waals surface area contributed by atoms with Gasteiger partial charge in [0.15, 0.2) is 0 Å². The fourth-order valence-corrected chi connectivity index (χ4v) is 8.62. The number of amides is 3. The number of hydrogen-bond donors (Lipinski definition) is 4. The number of rotatable bonds is 7. The Morgan fingerprint density at radius 2 is 1.92 bits per heavy atom. The second-order valence-corrected chi connectivity index (χ2v) is 16.1. The summed E-state index contributed by atoms with van der Waals surface area (Å²) in [6.07, 6.45) is 7.78. The van der Waals surface area contributed by atoms with Crippen molar-refractivity contribution in [3.63, 3.8) is 0 Å². The van der Waals surface area contributed by atoms with Gasteiger partial charge in [-0.15, -0.1) is 0 Å². The summed E-state index contributed by atoms with van der Waals surface area (Å²) in [7, 11) is -2.64. The molecule has 3 fully saturated rings. The molecule has 0 spiro atoms. The predicted octanol–water partition coefficient (Wildman–Crippen LogP) is 1.78. The largest absolute Gasteiger partial charge is 0.494 e. The van der Waals surface area contributed by atoms with Crippen molar-refractivity contribution in [3.05, 3.63) is 42.6 Å². The fourth-order valence-electron chi connectivity index (χ4n) is 7.16. The Morgan fingerprint density at radius 1 is 1.19 bits per heavy atom. The van der Waals surface area contributed by atoms with E-state index in [0.29, 0.717) is 29.9 Å². The van der Waals surface area contributed by atoms with Crippen LogP contribution in [0.3, 0.4) is 0 Å². The third kappa shape index (κ3) is 6.25. The molecule has 6 rings (SSSR count). The SMILES string of the molecule is COc1cnc(O[C@@H]2CC3C(=O)N[C@]4(C(=O)NS(=O)(=O)C5(CO)CC5)C[C@H]4/C=C\CC[C@H](C)C[C@@H](C)[C@H](N)C(=O)N3C2)c2ccccc12. The van der Waals surface area contributed by atoms with Crippen molar-refractivity contribution >= 4 is 38.5 Å². The number of nitrogens with one attached hydrogen (secondary N) is 2. The van der Waals surface area contributed by atoms with Crippen LogP contribution in [0, 0.1) is 17.8 Å². The maximum Gasteiger partial charge on any atom is 0.259 e. The highest BCUT2D eigenvalue weighted by atomic mass is 32.2. The van der Waals surface area contributed by atoms with Crippen molar-refractivity contribution in [2.45, 2.75) is 87.3 Å². The van der Waals surface area contributed by atoms with Crippen LogP contribution >= 0.6 is 0 Å². The zero-order chi connectivity index (χ0) is 34.4. The number of sulfonamides is 1. The summed E-state index contributed by atoms with van der Waals surface area (Å²) in [4.78, 5) is 47.8. The van der Waals surface area contributed by atoms with Crippen LogP contribution in [0.5, 0.6) is 11.6 Å². The first kappa shape index (κ1) is 34.1. The third-order valence-electron chi connectivity index (χ3n) is 10.6. The lowest BCUT2D eigenvalue weighted by atomic mass is 9.88. The Labute approximate surface area is 280 Å². The van der Waals surface area contributed by atoms with Gasteiger partial charge in [-0.25, -0.2) is 13.4 Å². The number of aliphatic hydroxyl groups excluding tert-OH is 1. The van der Waals surface area contributed by atoms with Crippen LogP contribution in [0.25, 0.3) is 10.8 Å². The first-order valence-electron chi connectivity index (χ1n) is 16.7. The lowest BCUT2D eigenvalue weighted by molar-refractivity contribution is -0.141. The molecule has 0 radical (unpaired) electrons. The number of methoxy groups -OCH3 is 1. The topological polar surface area (TPSA) is 190 Å². The molecule has 3 heterocycles. The summed E-state index contributed by atoms with van der Waals surface area (Å²) >= 11 is 0. The molecule has 260 valence electrons. The Kier molecular flexibility index (Phi) is 9.20. The van der Waals surface area contributed by atoms with Gasteiger partial charge in [-0.1, -0.05) is 44.2 Å². The van der Waals surface area contributed by atoms with Crippen molar-refractivity contribution in [2.75, 3.05) is 20.3 Å². The molecule has 1 aromatic heterocycles. The minimum atomic E-state index is -4.20. The number of fused-ring (bicyclic) bond motifs is 3. The van der Waals surface area contributed by atoms with Gasteiger partial charge in [0.2, 0.25) is 27.7 Å². The summed E-state index contributed by atoms with van der Waals surface area (Å²) < 4.78 is 38.8. The molecule has 2 aromatic rings. The van der Waals surface area contributed by atoms with E-state index in [4.69, 9.17) is 15.2 Å². The number of carbonyl (C=O) groups is 3. The van der Waals surface area contributed by atoms with Crippen LogP contribution in [0.4, 0.5) is 0 Å². The van der Waals surface area contributed by atoms with Crippen molar-refractivity contribution in [3.8, 4) is 11.6 Å². The molecule has 7 atom stereocenters. The number of hydrogen-bond acceptors (Lipinski definition) is 10. The number of aromatic nitrogens is 1. The van der Waals surface area contributed by atoms with Gasteiger partial charge in [-0.05, 0) is 56.4 Å². The third-order valence-corrected chi connectivity index (χ3v) is 12.7. The summed E-state index contributed by atoms with van der Waals surface area (Å²) in [5.74, 6) is -1.30. The van der Waals surface area contributed by atoms with E-state index >= 15 is 0 Å². The van der Waals surface area contributed by atoms with E-state index < -0.39 is 68.7 Å². The molecule has 3 amide bonds. The lowest BCUT2D eigenvalue weighted by Crippen LogP contribution is -2.58. The quantitative estimate of drug-likeness (QED) is 0.313. The number of pyridine rings is 1. The zero-order valence-electron chi connectivity index (χ0n) is 27.6. The average molecular weight is 684 g/mol. The highest BCUT2D eigenvalue weighted by Gasteiger charge is 2.63. The number of ether oxygens (including phenoxy) is 2. The van der Waals surface area contributed by atoms with Crippen LogP contribution in [-0.4, -0.2) is 89.9 Å². The highest BCUT2D eigenvalue weighted by Crippen LogP contribution is 2.47. The van der Waals surface area contributed by atoms with E-state index in [1.165, 1.54) is 4.90 Å². The fraction of sp³-hybridized carbons (Fsp3) is 0.588. The number of nitrogens with two attached hydrogens (primary N) is 1. The van der Waals surface area contributed by atoms with Gasteiger partial charge in [0.1, 0.15) is 28.2 Å². The molecule has 48 heavy (non-hydrogen) atoms. The van der Waals surface area contributed by atoms with Crippen molar-refractivity contribution in [1.82, 2.24) is 19.9 Å². The molecular weight excluding hydrogens is 638 g/mol. The van der Waals surface area contributed by atoms with E-state index in [0.717, 1.165) is 11.8 Å². The van der Waals surface area contributed by atoms with Crippen molar-refractivity contribution in [1.29, 1.82) is 0 Å². The van der Waals surface area contributed by atoms with E-state index in [1.54, 1.807) is 13.3 Å². The maximum absolute atomic E-state index is 14.2. The van der Waals surface area contributed by atoms with Gasteiger partial charge >= 0.3 is 0 Å². The minimum Gasteiger partial charge on any atom is -0.494 e. The molecule has 1 unspecified atom stereocenters. The van der Waals surface area contributed by atoms with Crippen molar-refractivity contribution in [2.24, 2.45) is 23.5 Å². The van der Waals surface area contributed by atoms with Gasteiger partial charge in [-0.2, -0.15) is 0 Å². The number of benzene rings is 1. The second-order valence-electron chi connectivity index (χ2n) is 14.1. The number of aliphatic hydroxyl groups is 1. The Morgan fingerprint density at radius 3 is 2.60 bits per heavy atom. The molecule has 1 saturated heterocycles. The zero-order valence-corrected chi connectivity index (χ0v) is 28.4. The van der Waals surface area contributed by atoms with Crippen LogP contribution < -0.4 is 25.2 Å². The first-order chi connectivity index (χ1) is 22.8. The Bertz CT molecular complexity index is 1730. The van der Waals surface area contributed by atoms with E-state index in [9.17, 15) is 27.9 Å². The molecule has 2 aliphatic carbocycles. The summed E-state index contributed by atoms with van der Waals surface area (Å²) in [6.45, 7) is 3.50. The van der Waals surface area contributed by atoms with Crippen LogP contribution in [0.1, 0.15) is 58.8 Å². The minimum absolute atomic E-state index is 0.0604. The normalized spacial score (nSPS) is 32.6. The van der Waals surface area contributed by atoms with Gasteiger partial charge in [0, 0.05) is 23.1 Å². The Hall–Kier alpha value is -3.75. The van der Waals surface area contributed by atoms with Gasteiger partial charge in [-0.3, -0.25) is 19.1 Å². The van der Waals surface area contributed by atoms with Gasteiger partial charge in [0.25, 0.3) is 5.91 Å². The van der Waals surface area contributed by atoms with Crippen LogP contribution in [0.15, 0.2) is 42.6 Å².